The lowest BCUT2D eigenvalue weighted by Gasteiger charge is -2.42. The minimum Gasteiger partial charge on any atom is -0.540 e. The minimum absolute atomic E-state index is 0.108. The fraction of sp³-hybridized carbons (Fsp3) is 0.345. The molecule has 3 aromatic rings. The van der Waals surface area contributed by atoms with Crippen LogP contribution in [0.1, 0.15) is 62.7 Å². The Morgan fingerprint density at radius 1 is 0.811 bits per heavy atom. The summed E-state index contributed by atoms with van der Waals surface area (Å²) in [5.74, 6) is -2.12. The normalized spacial score (nSPS) is 12.8. The summed E-state index contributed by atoms with van der Waals surface area (Å²) in [7, 11) is -2.34. The summed E-state index contributed by atoms with van der Waals surface area (Å²) < 4.78 is 21.4. The van der Waals surface area contributed by atoms with E-state index in [2.05, 4.69) is 41.5 Å². The van der Waals surface area contributed by atoms with Crippen molar-refractivity contribution >= 4 is 25.9 Å². The molecule has 37 heavy (non-hydrogen) atoms. The van der Waals surface area contributed by atoms with Gasteiger partial charge in [0.05, 0.1) is 10.1 Å². The molecular weight excluding hydrogens is 507 g/mol. The van der Waals surface area contributed by atoms with Crippen molar-refractivity contribution in [2.45, 2.75) is 68.3 Å². The standard InChI is InChI=1S/C29H35FO5SSi/c1-17(2)37(18(3)4,19(5)6)35-25-15-12-21(16-24(25)33)28(27(34)20-10-8-7-9-11-20)36-29-23(32)14-13-22(31)26(29)30/h7-19,28,31-33H,1-6H3. The summed E-state index contributed by atoms with van der Waals surface area (Å²) >= 11 is 0.777. The zero-order valence-electron chi connectivity index (χ0n) is 22.0. The number of benzene rings is 3. The highest BCUT2D eigenvalue weighted by Gasteiger charge is 2.47. The van der Waals surface area contributed by atoms with Crippen LogP contribution < -0.4 is 4.43 Å². The number of rotatable bonds is 10. The number of thioether (sulfide) groups is 1. The van der Waals surface area contributed by atoms with Gasteiger partial charge in [-0.05, 0) is 46.5 Å². The van der Waals surface area contributed by atoms with Gasteiger partial charge in [-0.3, -0.25) is 4.79 Å². The number of phenols is 3. The van der Waals surface area contributed by atoms with Crippen molar-refractivity contribution in [2.75, 3.05) is 0 Å². The Balaban J connectivity index is 2.08. The molecule has 0 saturated carbocycles. The molecule has 8 heteroatoms. The molecular formula is C29H35FO5SSi. The van der Waals surface area contributed by atoms with Gasteiger partial charge in [-0.2, -0.15) is 0 Å². The number of carbonyl (C=O) groups is 1. The number of ketones is 1. The first-order valence-corrected chi connectivity index (χ1v) is 15.4. The van der Waals surface area contributed by atoms with E-state index in [1.54, 1.807) is 42.5 Å². The summed E-state index contributed by atoms with van der Waals surface area (Å²) in [6.07, 6.45) is 0. The van der Waals surface area contributed by atoms with E-state index in [1.807, 2.05) is 0 Å². The van der Waals surface area contributed by atoms with Gasteiger partial charge in [0.2, 0.25) is 0 Å². The fourth-order valence-electron chi connectivity index (χ4n) is 5.12. The maximum absolute atomic E-state index is 14.8. The minimum atomic E-state index is -2.34. The van der Waals surface area contributed by atoms with Gasteiger partial charge in [0.15, 0.2) is 23.1 Å². The molecule has 0 aliphatic heterocycles. The van der Waals surface area contributed by atoms with E-state index in [0.29, 0.717) is 33.5 Å². The van der Waals surface area contributed by atoms with Crippen LogP contribution in [0, 0.1) is 5.82 Å². The van der Waals surface area contributed by atoms with E-state index in [9.17, 15) is 24.5 Å². The Bertz CT molecular complexity index is 1220. The number of Topliss-reactive ketones (excluding diaryl/α,β-unsaturated/α-hetero) is 1. The predicted octanol–water partition coefficient (Wildman–Crippen LogP) is 8.21. The molecule has 0 amide bonds. The first-order valence-electron chi connectivity index (χ1n) is 12.4. The second kappa shape index (κ2) is 11.6. The maximum atomic E-state index is 14.8. The van der Waals surface area contributed by atoms with E-state index in [4.69, 9.17) is 4.43 Å². The number of aromatic hydroxyl groups is 3. The Morgan fingerprint density at radius 3 is 1.92 bits per heavy atom. The SMILES string of the molecule is CC(C)[Si](Oc1ccc(C(Sc2c(O)ccc(O)c2F)C(=O)c2ccccc2)cc1O)(C(C)C)C(C)C. The highest BCUT2D eigenvalue weighted by Crippen LogP contribution is 2.48. The number of carbonyl (C=O) groups excluding carboxylic acids is 1. The van der Waals surface area contributed by atoms with Crippen LogP contribution in [0.4, 0.5) is 4.39 Å². The zero-order valence-corrected chi connectivity index (χ0v) is 23.8. The van der Waals surface area contributed by atoms with E-state index >= 15 is 0 Å². The van der Waals surface area contributed by atoms with E-state index in [-0.39, 0.29) is 16.4 Å². The molecule has 5 nitrogen and oxygen atoms in total. The Kier molecular flexibility index (Phi) is 8.97. The fourth-order valence-corrected chi connectivity index (χ4v) is 11.5. The average molecular weight is 543 g/mol. The number of halogens is 1. The van der Waals surface area contributed by atoms with Gasteiger partial charge in [-0.15, -0.1) is 11.8 Å². The molecule has 0 aliphatic rings. The van der Waals surface area contributed by atoms with Crippen LogP contribution in [0.5, 0.6) is 23.0 Å². The van der Waals surface area contributed by atoms with Crippen molar-refractivity contribution in [1.82, 2.24) is 0 Å². The number of hydrogen-bond donors (Lipinski definition) is 3. The Hall–Kier alpha value is -2.97. The summed E-state index contributed by atoms with van der Waals surface area (Å²) in [6, 6.07) is 15.6. The monoisotopic (exact) mass is 542 g/mol. The van der Waals surface area contributed by atoms with Gasteiger partial charge < -0.3 is 19.7 Å². The third-order valence-corrected chi connectivity index (χ3v) is 14.2. The topological polar surface area (TPSA) is 87.0 Å². The summed E-state index contributed by atoms with van der Waals surface area (Å²) in [6.45, 7) is 12.9. The van der Waals surface area contributed by atoms with Crippen molar-refractivity contribution in [3.8, 4) is 23.0 Å². The molecule has 0 spiro atoms. The lowest BCUT2D eigenvalue weighted by molar-refractivity contribution is 0.0989. The van der Waals surface area contributed by atoms with Crippen molar-refractivity contribution in [3.05, 3.63) is 77.6 Å². The second-order valence-corrected chi connectivity index (χ2v) is 16.6. The highest BCUT2D eigenvalue weighted by molar-refractivity contribution is 8.00. The molecule has 198 valence electrons. The maximum Gasteiger partial charge on any atom is 0.258 e. The molecule has 0 fully saturated rings. The molecule has 3 N–H and O–H groups in total. The Labute approximate surface area is 223 Å². The van der Waals surface area contributed by atoms with Crippen LogP contribution in [0.25, 0.3) is 0 Å². The van der Waals surface area contributed by atoms with Gasteiger partial charge in [-0.1, -0.05) is 77.9 Å². The molecule has 3 aromatic carbocycles. The van der Waals surface area contributed by atoms with Gasteiger partial charge in [0.1, 0.15) is 11.5 Å². The predicted molar refractivity (Wildman–Crippen MR) is 149 cm³/mol. The largest absolute Gasteiger partial charge is 0.540 e. The summed E-state index contributed by atoms with van der Waals surface area (Å²) in [5.41, 5.74) is 1.70. The Morgan fingerprint density at radius 2 is 1.38 bits per heavy atom. The number of phenolic OH excluding ortho intramolecular Hbond substituents is 3. The second-order valence-electron chi connectivity index (χ2n) is 10.1. The quantitative estimate of drug-likeness (QED) is 0.104. The molecule has 0 aliphatic carbocycles. The molecule has 0 heterocycles. The lowest BCUT2D eigenvalue weighted by Crippen LogP contribution is -2.50. The summed E-state index contributed by atoms with van der Waals surface area (Å²) in [5, 5.41) is 30.2. The van der Waals surface area contributed by atoms with Crippen molar-refractivity contribution in [1.29, 1.82) is 0 Å². The molecule has 1 unspecified atom stereocenters. The van der Waals surface area contributed by atoms with Crippen LogP contribution >= 0.6 is 11.8 Å². The molecule has 0 aromatic heterocycles. The van der Waals surface area contributed by atoms with Crippen molar-refractivity contribution in [2.24, 2.45) is 0 Å². The third-order valence-electron chi connectivity index (χ3n) is 6.87. The van der Waals surface area contributed by atoms with Crippen molar-refractivity contribution in [3.63, 3.8) is 0 Å². The first-order chi connectivity index (χ1) is 17.4. The highest BCUT2D eigenvalue weighted by atomic mass is 32.2. The zero-order chi connectivity index (χ0) is 27.5. The molecule has 0 bridgehead atoms. The van der Waals surface area contributed by atoms with E-state index < -0.39 is 30.9 Å². The van der Waals surface area contributed by atoms with Crippen LogP contribution in [0.3, 0.4) is 0 Å². The molecule has 1 atom stereocenters. The van der Waals surface area contributed by atoms with Crippen molar-refractivity contribution < 1.29 is 28.9 Å². The van der Waals surface area contributed by atoms with Gasteiger partial charge in [0.25, 0.3) is 8.32 Å². The average Bonchev–Trinajstić information content (AvgIpc) is 2.85. The molecule has 0 saturated heterocycles. The van der Waals surface area contributed by atoms with Gasteiger partial charge >= 0.3 is 0 Å². The smallest absolute Gasteiger partial charge is 0.258 e. The lowest BCUT2D eigenvalue weighted by atomic mass is 10.0. The first kappa shape index (κ1) is 28.6. The third kappa shape index (κ3) is 5.80. The van der Waals surface area contributed by atoms with Crippen LogP contribution in [-0.2, 0) is 0 Å². The van der Waals surface area contributed by atoms with E-state index in [1.165, 1.54) is 12.1 Å². The summed E-state index contributed by atoms with van der Waals surface area (Å²) in [4.78, 5) is 13.3. The van der Waals surface area contributed by atoms with Gasteiger partial charge in [0, 0.05) is 5.56 Å². The van der Waals surface area contributed by atoms with Crippen LogP contribution in [-0.4, -0.2) is 29.4 Å². The molecule has 3 rings (SSSR count). The van der Waals surface area contributed by atoms with E-state index in [0.717, 1.165) is 17.8 Å². The van der Waals surface area contributed by atoms with Crippen LogP contribution in [0.2, 0.25) is 16.6 Å². The molecule has 0 radical (unpaired) electrons. The number of hydrogen-bond acceptors (Lipinski definition) is 6. The van der Waals surface area contributed by atoms with Gasteiger partial charge in [-0.25, -0.2) is 4.39 Å². The van der Waals surface area contributed by atoms with Crippen LogP contribution in [0.15, 0.2) is 65.6 Å².